The molecule has 1 aromatic heterocycles. The molecule has 4 nitrogen and oxygen atoms in total. The first kappa shape index (κ1) is 12.0. The summed E-state index contributed by atoms with van der Waals surface area (Å²) >= 11 is 0. The quantitative estimate of drug-likeness (QED) is 0.790. The molecule has 0 aliphatic heterocycles. The van der Waals surface area contributed by atoms with Gasteiger partial charge in [0, 0.05) is 22.9 Å². The van der Waals surface area contributed by atoms with Crippen molar-refractivity contribution in [1.82, 2.24) is 9.78 Å². The maximum Gasteiger partial charge on any atom is 0.280 e. The molecule has 0 fully saturated rings. The minimum absolute atomic E-state index is 0.190. The van der Waals surface area contributed by atoms with Crippen LogP contribution in [0.2, 0.25) is 0 Å². The fourth-order valence-electron chi connectivity index (χ4n) is 1.21. The lowest BCUT2D eigenvalue weighted by Crippen LogP contribution is -1.99. The van der Waals surface area contributed by atoms with E-state index in [4.69, 9.17) is 10.7 Å². The molecule has 0 bridgehead atoms. The van der Waals surface area contributed by atoms with E-state index in [0.29, 0.717) is 0 Å². The minimum Gasteiger partial charge on any atom is -0.240 e. The minimum atomic E-state index is -3.94. The van der Waals surface area contributed by atoms with Crippen molar-refractivity contribution in [3.63, 3.8) is 0 Å². The maximum atomic E-state index is 12.9. The third kappa shape index (κ3) is 2.45. The van der Waals surface area contributed by atoms with E-state index in [-0.39, 0.29) is 10.7 Å². The van der Waals surface area contributed by atoms with Gasteiger partial charge in [-0.25, -0.2) is 21.9 Å². The molecule has 0 N–H and O–H groups in total. The van der Waals surface area contributed by atoms with Gasteiger partial charge in [0.25, 0.3) is 9.05 Å². The van der Waals surface area contributed by atoms with Gasteiger partial charge in [-0.2, -0.15) is 5.10 Å². The van der Waals surface area contributed by atoms with Crippen molar-refractivity contribution < 1.29 is 17.2 Å². The molecule has 0 radical (unpaired) electrons. The number of hydrogen-bond donors (Lipinski definition) is 0. The molecular formula is C9H5ClF2N2O2S. The van der Waals surface area contributed by atoms with E-state index in [1.165, 1.54) is 12.3 Å². The highest BCUT2D eigenvalue weighted by Crippen LogP contribution is 2.16. The van der Waals surface area contributed by atoms with Crippen molar-refractivity contribution in [3.05, 3.63) is 42.1 Å². The van der Waals surface area contributed by atoms with Gasteiger partial charge in [-0.3, -0.25) is 0 Å². The normalized spacial score (nSPS) is 11.7. The van der Waals surface area contributed by atoms with Crippen molar-refractivity contribution in [1.29, 1.82) is 0 Å². The van der Waals surface area contributed by atoms with Crippen LogP contribution in [0, 0.1) is 11.6 Å². The van der Waals surface area contributed by atoms with E-state index in [1.807, 2.05) is 0 Å². The summed E-state index contributed by atoms with van der Waals surface area (Å²) in [5.41, 5.74) is 0.190. The molecular weight excluding hydrogens is 274 g/mol. The van der Waals surface area contributed by atoms with Gasteiger partial charge in [-0.05, 0) is 18.2 Å². The van der Waals surface area contributed by atoms with Crippen LogP contribution >= 0.6 is 10.7 Å². The van der Waals surface area contributed by atoms with Crippen LogP contribution in [-0.2, 0) is 9.05 Å². The van der Waals surface area contributed by atoms with Crippen molar-refractivity contribution in [2.75, 3.05) is 0 Å². The number of benzene rings is 1. The average Bonchev–Trinajstić information content (AvgIpc) is 2.70. The number of rotatable bonds is 2. The highest BCUT2D eigenvalue weighted by molar-refractivity contribution is 8.13. The van der Waals surface area contributed by atoms with Gasteiger partial charge in [0.05, 0.1) is 5.69 Å². The fourth-order valence-corrected chi connectivity index (χ4v) is 1.86. The lowest BCUT2D eigenvalue weighted by molar-refractivity contribution is 0.507. The van der Waals surface area contributed by atoms with Crippen LogP contribution in [0.3, 0.4) is 0 Å². The summed E-state index contributed by atoms with van der Waals surface area (Å²) in [6.45, 7) is 0. The molecule has 2 rings (SSSR count). The first-order valence-corrected chi connectivity index (χ1v) is 6.64. The second kappa shape index (κ2) is 4.08. The number of nitrogens with zero attached hydrogens (tertiary/aromatic N) is 2. The Hall–Kier alpha value is -1.47. The summed E-state index contributed by atoms with van der Waals surface area (Å²) < 4.78 is 48.6. The monoisotopic (exact) mass is 278 g/mol. The Morgan fingerprint density at radius 3 is 2.41 bits per heavy atom. The molecule has 0 saturated heterocycles. The Morgan fingerprint density at radius 2 is 1.88 bits per heavy atom. The average molecular weight is 279 g/mol. The Morgan fingerprint density at radius 1 is 1.18 bits per heavy atom. The van der Waals surface area contributed by atoms with E-state index in [2.05, 4.69) is 5.10 Å². The van der Waals surface area contributed by atoms with Crippen LogP contribution in [0.25, 0.3) is 5.69 Å². The van der Waals surface area contributed by atoms with Gasteiger partial charge < -0.3 is 0 Å². The largest absolute Gasteiger partial charge is 0.280 e. The number of halogens is 3. The first-order chi connectivity index (χ1) is 7.88. The van der Waals surface area contributed by atoms with Crippen LogP contribution < -0.4 is 0 Å². The Kier molecular flexibility index (Phi) is 2.88. The van der Waals surface area contributed by atoms with E-state index in [0.717, 1.165) is 22.9 Å². The Labute approximate surface area is 99.9 Å². The van der Waals surface area contributed by atoms with Gasteiger partial charge in [-0.15, -0.1) is 0 Å². The lowest BCUT2D eigenvalue weighted by atomic mass is 10.3. The lowest BCUT2D eigenvalue weighted by Gasteiger charge is -2.01. The second-order valence-corrected chi connectivity index (χ2v) is 5.65. The number of aromatic nitrogens is 2. The van der Waals surface area contributed by atoms with Gasteiger partial charge in [0.15, 0.2) is 16.7 Å². The Bertz CT molecular complexity index is 669. The van der Waals surface area contributed by atoms with Gasteiger partial charge >= 0.3 is 0 Å². The van der Waals surface area contributed by atoms with Crippen LogP contribution in [0.15, 0.2) is 35.5 Å². The molecule has 90 valence electrons. The van der Waals surface area contributed by atoms with E-state index in [9.17, 15) is 17.2 Å². The smallest absolute Gasteiger partial charge is 0.240 e. The van der Waals surface area contributed by atoms with E-state index in [1.54, 1.807) is 0 Å². The van der Waals surface area contributed by atoms with Gasteiger partial charge in [-0.1, -0.05) is 0 Å². The summed E-state index contributed by atoms with van der Waals surface area (Å²) in [5.74, 6) is -2.04. The first-order valence-electron chi connectivity index (χ1n) is 4.34. The molecule has 0 saturated carbocycles. The summed E-state index contributed by atoms with van der Waals surface area (Å²) in [4.78, 5) is 0. The molecule has 0 aliphatic rings. The summed E-state index contributed by atoms with van der Waals surface area (Å²) in [6.07, 6.45) is 1.28. The second-order valence-electron chi connectivity index (χ2n) is 3.13. The molecule has 1 heterocycles. The topological polar surface area (TPSA) is 52.0 Å². The molecule has 17 heavy (non-hydrogen) atoms. The van der Waals surface area contributed by atoms with Crippen molar-refractivity contribution in [2.45, 2.75) is 5.03 Å². The zero-order chi connectivity index (χ0) is 12.6. The molecule has 0 atom stereocenters. The van der Waals surface area contributed by atoms with Crippen molar-refractivity contribution in [3.8, 4) is 5.69 Å². The van der Waals surface area contributed by atoms with Gasteiger partial charge in [0.1, 0.15) is 0 Å². The third-order valence-corrected chi connectivity index (χ3v) is 3.17. The SMILES string of the molecule is O=S(=O)(Cl)c1ccn(-c2ccc(F)c(F)c2)n1. The van der Waals surface area contributed by atoms with Crippen LogP contribution in [0.4, 0.5) is 8.78 Å². The predicted molar refractivity (Wildman–Crippen MR) is 56.5 cm³/mol. The number of hydrogen-bond acceptors (Lipinski definition) is 3. The summed E-state index contributed by atoms with van der Waals surface area (Å²) in [5, 5.41) is 3.27. The van der Waals surface area contributed by atoms with E-state index < -0.39 is 20.7 Å². The Balaban J connectivity index is 2.47. The molecule has 0 aliphatic carbocycles. The van der Waals surface area contributed by atoms with E-state index >= 15 is 0 Å². The standard InChI is InChI=1S/C9H5ClF2N2O2S/c10-17(15,16)9-3-4-14(13-9)6-1-2-7(11)8(12)5-6/h1-5H. The zero-order valence-electron chi connectivity index (χ0n) is 8.14. The molecule has 0 amide bonds. The van der Waals surface area contributed by atoms with Gasteiger partial charge in [0.2, 0.25) is 0 Å². The molecule has 0 unspecified atom stereocenters. The molecule has 1 aromatic carbocycles. The van der Waals surface area contributed by atoms with Crippen LogP contribution in [-0.4, -0.2) is 18.2 Å². The maximum absolute atomic E-state index is 12.9. The van der Waals surface area contributed by atoms with Crippen LogP contribution in [0.5, 0.6) is 0 Å². The van der Waals surface area contributed by atoms with Crippen LogP contribution in [0.1, 0.15) is 0 Å². The third-order valence-electron chi connectivity index (χ3n) is 1.98. The molecule has 8 heteroatoms. The zero-order valence-corrected chi connectivity index (χ0v) is 9.71. The summed E-state index contributed by atoms with van der Waals surface area (Å²) in [7, 11) is 1.14. The predicted octanol–water partition coefficient (Wildman–Crippen LogP) is 2.08. The summed E-state index contributed by atoms with van der Waals surface area (Å²) in [6, 6.07) is 4.23. The highest BCUT2D eigenvalue weighted by Gasteiger charge is 2.14. The van der Waals surface area contributed by atoms with Crippen molar-refractivity contribution in [2.24, 2.45) is 0 Å². The van der Waals surface area contributed by atoms with Crippen molar-refractivity contribution >= 4 is 19.7 Å². The fraction of sp³-hybridized carbons (Fsp3) is 0. The molecule has 2 aromatic rings. The molecule has 0 spiro atoms. The highest BCUT2D eigenvalue weighted by atomic mass is 35.7.